The van der Waals surface area contributed by atoms with Crippen molar-refractivity contribution in [3.63, 3.8) is 0 Å². The molecule has 0 saturated carbocycles. The van der Waals surface area contributed by atoms with Gasteiger partial charge in [-0.2, -0.15) is 0 Å². The lowest BCUT2D eigenvalue weighted by molar-refractivity contribution is -0.305. The molecule has 10 heteroatoms. The van der Waals surface area contributed by atoms with E-state index in [1.807, 2.05) is 0 Å². The van der Waals surface area contributed by atoms with Gasteiger partial charge in [-0.15, -0.1) is 0 Å². The van der Waals surface area contributed by atoms with E-state index in [1.54, 1.807) is 0 Å². The van der Waals surface area contributed by atoms with E-state index in [2.05, 4.69) is 13.8 Å². The van der Waals surface area contributed by atoms with E-state index < -0.39 is 55.4 Å². The third kappa shape index (κ3) is 13.0. The summed E-state index contributed by atoms with van der Waals surface area (Å²) in [6, 6.07) is 0. The monoisotopic (exact) mass is 506 g/mol. The highest BCUT2D eigenvalue weighted by molar-refractivity contribution is 5.70. The SMILES string of the molecule is CCCCCCCCC(=O)OC(COC(=O)CCCCCC)COC1OC(CO)C(O)C(O)C1O. The fourth-order valence-electron chi connectivity index (χ4n) is 3.77. The smallest absolute Gasteiger partial charge is 0.306 e. The zero-order valence-electron chi connectivity index (χ0n) is 21.3. The predicted octanol–water partition coefficient (Wildman–Crippen LogP) is 1.98. The van der Waals surface area contributed by atoms with E-state index in [0.29, 0.717) is 6.42 Å². The zero-order chi connectivity index (χ0) is 26.1. The molecule has 4 N–H and O–H groups in total. The largest absolute Gasteiger partial charge is 0.462 e. The van der Waals surface area contributed by atoms with E-state index >= 15 is 0 Å². The summed E-state index contributed by atoms with van der Waals surface area (Å²) >= 11 is 0. The number of carbonyl (C=O) groups excluding carboxylic acids is 2. The van der Waals surface area contributed by atoms with Crippen LogP contribution in [0.15, 0.2) is 0 Å². The molecule has 0 aromatic heterocycles. The molecule has 6 atom stereocenters. The molecule has 10 nitrogen and oxygen atoms in total. The summed E-state index contributed by atoms with van der Waals surface area (Å²) in [5, 5.41) is 39.3. The molecule has 0 amide bonds. The molecule has 0 bridgehead atoms. The first-order chi connectivity index (χ1) is 16.8. The van der Waals surface area contributed by atoms with Crippen LogP contribution >= 0.6 is 0 Å². The predicted molar refractivity (Wildman–Crippen MR) is 127 cm³/mol. The molecule has 1 aliphatic heterocycles. The molecule has 206 valence electrons. The van der Waals surface area contributed by atoms with Gasteiger partial charge in [0.2, 0.25) is 0 Å². The van der Waals surface area contributed by atoms with Gasteiger partial charge in [0.25, 0.3) is 0 Å². The van der Waals surface area contributed by atoms with Gasteiger partial charge < -0.3 is 39.4 Å². The van der Waals surface area contributed by atoms with Crippen LogP contribution < -0.4 is 0 Å². The molecule has 1 heterocycles. The van der Waals surface area contributed by atoms with Crippen molar-refractivity contribution in [1.29, 1.82) is 0 Å². The molecule has 1 saturated heterocycles. The number of carbonyl (C=O) groups is 2. The highest BCUT2D eigenvalue weighted by atomic mass is 16.7. The molecule has 0 aliphatic carbocycles. The summed E-state index contributed by atoms with van der Waals surface area (Å²) in [5.41, 5.74) is 0. The molecular weight excluding hydrogens is 460 g/mol. The molecule has 6 unspecified atom stereocenters. The fraction of sp³-hybridized carbons (Fsp3) is 0.920. The summed E-state index contributed by atoms with van der Waals surface area (Å²) in [5.74, 6) is -0.840. The molecule has 0 aromatic rings. The van der Waals surface area contributed by atoms with E-state index in [9.17, 15) is 30.0 Å². The number of aliphatic hydroxyl groups is 4. The average molecular weight is 507 g/mol. The second-order valence-electron chi connectivity index (χ2n) is 9.15. The summed E-state index contributed by atoms with van der Waals surface area (Å²) in [7, 11) is 0. The Morgan fingerprint density at radius 2 is 1.34 bits per heavy atom. The van der Waals surface area contributed by atoms with Crippen LogP contribution in [0.1, 0.15) is 90.9 Å². The second-order valence-corrected chi connectivity index (χ2v) is 9.15. The van der Waals surface area contributed by atoms with Crippen LogP contribution in [0.4, 0.5) is 0 Å². The quantitative estimate of drug-likeness (QED) is 0.151. The van der Waals surface area contributed by atoms with Crippen LogP contribution in [0.3, 0.4) is 0 Å². The van der Waals surface area contributed by atoms with E-state index in [1.165, 1.54) is 6.42 Å². The normalized spacial score (nSPS) is 25.3. The maximum absolute atomic E-state index is 12.3. The van der Waals surface area contributed by atoms with E-state index in [-0.39, 0.29) is 26.1 Å². The minimum absolute atomic E-state index is 0.216. The Morgan fingerprint density at radius 1 is 0.771 bits per heavy atom. The summed E-state index contributed by atoms with van der Waals surface area (Å²) in [6.45, 7) is 3.15. The first kappa shape index (κ1) is 31.7. The van der Waals surface area contributed by atoms with Crippen molar-refractivity contribution < 1.29 is 49.0 Å². The van der Waals surface area contributed by atoms with Gasteiger partial charge in [-0.1, -0.05) is 65.2 Å². The molecule has 0 radical (unpaired) electrons. The van der Waals surface area contributed by atoms with Gasteiger partial charge in [0.1, 0.15) is 31.0 Å². The van der Waals surface area contributed by atoms with Crippen LogP contribution in [0.2, 0.25) is 0 Å². The maximum atomic E-state index is 12.3. The average Bonchev–Trinajstić information content (AvgIpc) is 2.85. The van der Waals surface area contributed by atoms with Crippen molar-refractivity contribution in [3.8, 4) is 0 Å². The number of unbranched alkanes of at least 4 members (excludes halogenated alkanes) is 8. The third-order valence-electron chi connectivity index (χ3n) is 5.99. The van der Waals surface area contributed by atoms with Crippen molar-refractivity contribution in [2.45, 2.75) is 128 Å². The number of esters is 2. The summed E-state index contributed by atoms with van der Waals surface area (Å²) in [6.07, 6.45) is 2.30. The summed E-state index contributed by atoms with van der Waals surface area (Å²) in [4.78, 5) is 24.4. The lowest BCUT2D eigenvalue weighted by Gasteiger charge is -2.39. The van der Waals surface area contributed by atoms with Crippen LogP contribution in [0.25, 0.3) is 0 Å². The van der Waals surface area contributed by atoms with Gasteiger partial charge in [-0.05, 0) is 12.8 Å². The standard InChI is InChI=1S/C25H46O10/c1-3-5-7-9-10-12-14-21(28)34-18(16-32-20(27)13-11-8-6-4-2)17-33-25-24(31)23(30)22(29)19(15-26)35-25/h18-19,22-26,29-31H,3-17H2,1-2H3. The van der Waals surface area contributed by atoms with Crippen LogP contribution in [-0.2, 0) is 28.5 Å². The molecule has 0 spiro atoms. The molecule has 1 rings (SSSR count). The van der Waals surface area contributed by atoms with Crippen molar-refractivity contribution in [2.24, 2.45) is 0 Å². The second kappa shape index (κ2) is 18.9. The zero-order valence-corrected chi connectivity index (χ0v) is 21.3. The van der Waals surface area contributed by atoms with Crippen molar-refractivity contribution >= 4 is 11.9 Å². The van der Waals surface area contributed by atoms with Crippen molar-refractivity contribution in [2.75, 3.05) is 19.8 Å². The number of hydrogen-bond donors (Lipinski definition) is 4. The van der Waals surface area contributed by atoms with Gasteiger partial charge >= 0.3 is 11.9 Å². The lowest BCUT2D eigenvalue weighted by Crippen LogP contribution is -2.59. The maximum Gasteiger partial charge on any atom is 0.306 e. The number of aliphatic hydroxyl groups excluding tert-OH is 4. The van der Waals surface area contributed by atoms with Gasteiger partial charge in [0.15, 0.2) is 12.4 Å². The molecule has 0 aromatic carbocycles. The third-order valence-corrected chi connectivity index (χ3v) is 5.99. The van der Waals surface area contributed by atoms with Gasteiger partial charge in [0.05, 0.1) is 13.2 Å². The van der Waals surface area contributed by atoms with Crippen LogP contribution in [0, 0.1) is 0 Å². The molecular formula is C25H46O10. The summed E-state index contributed by atoms with van der Waals surface area (Å²) < 4.78 is 21.6. The topological polar surface area (TPSA) is 152 Å². The van der Waals surface area contributed by atoms with Gasteiger partial charge in [-0.25, -0.2) is 0 Å². The van der Waals surface area contributed by atoms with E-state index in [4.69, 9.17) is 18.9 Å². The lowest BCUT2D eigenvalue weighted by atomic mass is 9.99. The van der Waals surface area contributed by atoms with Gasteiger partial charge in [-0.3, -0.25) is 9.59 Å². The number of hydrogen-bond acceptors (Lipinski definition) is 10. The van der Waals surface area contributed by atoms with Crippen molar-refractivity contribution in [1.82, 2.24) is 0 Å². The van der Waals surface area contributed by atoms with Crippen LogP contribution in [-0.4, -0.2) is 89.0 Å². The van der Waals surface area contributed by atoms with Crippen molar-refractivity contribution in [3.05, 3.63) is 0 Å². The molecule has 1 aliphatic rings. The Balaban J connectivity index is 2.58. The number of ether oxygens (including phenoxy) is 4. The van der Waals surface area contributed by atoms with Gasteiger partial charge in [0, 0.05) is 12.8 Å². The minimum atomic E-state index is -1.58. The Kier molecular flexibility index (Phi) is 17.1. The first-order valence-corrected chi connectivity index (χ1v) is 13.1. The Morgan fingerprint density at radius 3 is 1.97 bits per heavy atom. The fourth-order valence-corrected chi connectivity index (χ4v) is 3.77. The molecule has 35 heavy (non-hydrogen) atoms. The van der Waals surface area contributed by atoms with E-state index in [0.717, 1.165) is 51.4 Å². The minimum Gasteiger partial charge on any atom is -0.462 e. The highest BCUT2D eigenvalue weighted by Crippen LogP contribution is 2.22. The Hall–Kier alpha value is -1.30. The number of rotatable bonds is 19. The molecule has 1 fully saturated rings. The Labute approximate surface area is 208 Å². The highest BCUT2D eigenvalue weighted by Gasteiger charge is 2.44. The first-order valence-electron chi connectivity index (χ1n) is 13.1. The Bertz CT molecular complexity index is 570. The van der Waals surface area contributed by atoms with Crippen LogP contribution in [0.5, 0.6) is 0 Å².